The van der Waals surface area contributed by atoms with Gasteiger partial charge in [0.2, 0.25) is 0 Å². The standard InChI is InChI=1S/C13H21NO2/c1-13(2,16-4)11-7-5-6-10(8-11)12(15)9-14-3/h5-8,12,14-15H,9H2,1-4H3. The lowest BCUT2D eigenvalue weighted by atomic mass is 9.95. The summed E-state index contributed by atoms with van der Waals surface area (Å²) in [5.41, 5.74) is 1.66. The van der Waals surface area contributed by atoms with Crippen LogP contribution in [-0.2, 0) is 10.3 Å². The maximum Gasteiger partial charge on any atom is 0.0914 e. The lowest BCUT2D eigenvalue weighted by Gasteiger charge is -2.24. The van der Waals surface area contributed by atoms with Gasteiger partial charge in [0, 0.05) is 13.7 Å². The van der Waals surface area contributed by atoms with Crippen molar-refractivity contribution in [2.24, 2.45) is 0 Å². The van der Waals surface area contributed by atoms with Crippen molar-refractivity contribution in [3.63, 3.8) is 0 Å². The van der Waals surface area contributed by atoms with Gasteiger partial charge in [0.05, 0.1) is 11.7 Å². The van der Waals surface area contributed by atoms with Gasteiger partial charge in [0.15, 0.2) is 0 Å². The van der Waals surface area contributed by atoms with Gasteiger partial charge >= 0.3 is 0 Å². The Bertz CT molecular complexity index is 336. The predicted octanol–water partition coefficient (Wildman–Crippen LogP) is 1.82. The minimum absolute atomic E-state index is 0.324. The van der Waals surface area contributed by atoms with Crippen LogP contribution >= 0.6 is 0 Å². The zero-order valence-corrected chi connectivity index (χ0v) is 10.4. The van der Waals surface area contributed by atoms with E-state index in [1.807, 2.05) is 45.2 Å². The summed E-state index contributed by atoms with van der Waals surface area (Å²) >= 11 is 0. The summed E-state index contributed by atoms with van der Waals surface area (Å²) in [5.74, 6) is 0. The van der Waals surface area contributed by atoms with E-state index in [2.05, 4.69) is 5.32 Å². The highest BCUT2D eigenvalue weighted by Crippen LogP contribution is 2.26. The second-order valence-corrected chi connectivity index (χ2v) is 4.41. The molecule has 1 aromatic rings. The molecule has 0 bridgehead atoms. The van der Waals surface area contributed by atoms with Crippen molar-refractivity contribution >= 4 is 0 Å². The Kier molecular flexibility index (Phi) is 4.47. The van der Waals surface area contributed by atoms with Gasteiger partial charge in [-0.05, 0) is 32.0 Å². The Labute approximate surface area is 97.4 Å². The molecule has 0 aliphatic rings. The molecule has 1 unspecified atom stereocenters. The fraction of sp³-hybridized carbons (Fsp3) is 0.538. The number of benzene rings is 1. The largest absolute Gasteiger partial charge is 0.387 e. The summed E-state index contributed by atoms with van der Waals surface area (Å²) in [7, 11) is 3.52. The summed E-state index contributed by atoms with van der Waals surface area (Å²) in [6, 6.07) is 7.88. The third-order valence-corrected chi connectivity index (χ3v) is 2.87. The third-order valence-electron chi connectivity index (χ3n) is 2.87. The van der Waals surface area contributed by atoms with Gasteiger partial charge in [0.25, 0.3) is 0 Å². The molecule has 16 heavy (non-hydrogen) atoms. The third kappa shape index (κ3) is 3.04. The van der Waals surface area contributed by atoms with Crippen LogP contribution in [0.5, 0.6) is 0 Å². The molecule has 2 N–H and O–H groups in total. The van der Waals surface area contributed by atoms with E-state index < -0.39 is 6.10 Å². The lowest BCUT2D eigenvalue weighted by Crippen LogP contribution is -2.21. The molecule has 1 aromatic carbocycles. The maximum atomic E-state index is 9.88. The molecule has 90 valence electrons. The van der Waals surface area contributed by atoms with Crippen LogP contribution in [0.1, 0.15) is 31.1 Å². The van der Waals surface area contributed by atoms with E-state index in [0.29, 0.717) is 6.54 Å². The van der Waals surface area contributed by atoms with Gasteiger partial charge in [-0.3, -0.25) is 0 Å². The topological polar surface area (TPSA) is 41.5 Å². The molecule has 0 radical (unpaired) electrons. The molecule has 3 heteroatoms. The first-order valence-electron chi connectivity index (χ1n) is 5.49. The minimum atomic E-state index is -0.474. The van der Waals surface area contributed by atoms with Gasteiger partial charge in [-0.1, -0.05) is 24.3 Å². The number of aliphatic hydroxyl groups excluding tert-OH is 1. The number of nitrogens with one attached hydrogen (secondary N) is 1. The first-order chi connectivity index (χ1) is 7.51. The zero-order valence-electron chi connectivity index (χ0n) is 10.4. The Balaban J connectivity index is 2.95. The van der Waals surface area contributed by atoms with Crippen LogP contribution < -0.4 is 5.32 Å². The smallest absolute Gasteiger partial charge is 0.0914 e. The van der Waals surface area contributed by atoms with Crippen LogP contribution in [0.4, 0.5) is 0 Å². The number of ether oxygens (including phenoxy) is 1. The molecule has 0 amide bonds. The Hall–Kier alpha value is -0.900. The van der Waals surface area contributed by atoms with Crippen molar-refractivity contribution in [2.75, 3.05) is 20.7 Å². The highest BCUT2D eigenvalue weighted by atomic mass is 16.5. The van der Waals surface area contributed by atoms with Crippen molar-refractivity contribution in [2.45, 2.75) is 25.6 Å². The van der Waals surface area contributed by atoms with Gasteiger partial charge in [-0.25, -0.2) is 0 Å². The number of hydrogen-bond acceptors (Lipinski definition) is 3. The van der Waals surface area contributed by atoms with Crippen LogP contribution in [0.25, 0.3) is 0 Å². The molecule has 0 heterocycles. The Morgan fingerprint density at radius 1 is 1.44 bits per heavy atom. The molecular weight excluding hydrogens is 202 g/mol. The van der Waals surface area contributed by atoms with Crippen LogP contribution in [0.15, 0.2) is 24.3 Å². The van der Waals surface area contributed by atoms with Gasteiger partial charge in [-0.2, -0.15) is 0 Å². The summed E-state index contributed by atoms with van der Waals surface area (Å²) in [5, 5.41) is 12.8. The molecule has 0 spiro atoms. The van der Waals surface area contributed by atoms with Crippen LogP contribution in [0, 0.1) is 0 Å². The van der Waals surface area contributed by atoms with Gasteiger partial charge in [0.1, 0.15) is 0 Å². The SMILES string of the molecule is CNCC(O)c1cccc(C(C)(C)OC)c1. The lowest BCUT2D eigenvalue weighted by molar-refractivity contribution is 0.0190. The summed E-state index contributed by atoms with van der Waals surface area (Å²) in [6.07, 6.45) is -0.474. The molecule has 1 rings (SSSR count). The van der Waals surface area contributed by atoms with Gasteiger partial charge < -0.3 is 15.2 Å². The molecule has 3 nitrogen and oxygen atoms in total. The van der Waals surface area contributed by atoms with E-state index in [-0.39, 0.29) is 5.60 Å². The summed E-state index contributed by atoms with van der Waals surface area (Å²) in [6.45, 7) is 4.57. The minimum Gasteiger partial charge on any atom is -0.387 e. The average molecular weight is 223 g/mol. The monoisotopic (exact) mass is 223 g/mol. The number of rotatable bonds is 5. The van der Waals surface area contributed by atoms with E-state index in [4.69, 9.17) is 4.74 Å². The number of methoxy groups -OCH3 is 1. The number of likely N-dealkylation sites (N-methyl/N-ethyl adjacent to an activating group) is 1. The highest BCUT2D eigenvalue weighted by molar-refractivity contribution is 5.29. The number of hydrogen-bond donors (Lipinski definition) is 2. The fourth-order valence-electron chi connectivity index (χ4n) is 1.55. The zero-order chi connectivity index (χ0) is 12.2. The van der Waals surface area contributed by atoms with Gasteiger partial charge in [-0.15, -0.1) is 0 Å². The molecule has 0 fully saturated rings. The van der Waals surface area contributed by atoms with Crippen molar-refractivity contribution in [1.82, 2.24) is 5.32 Å². The summed E-state index contributed by atoms with van der Waals surface area (Å²) in [4.78, 5) is 0. The summed E-state index contributed by atoms with van der Waals surface area (Å²) < 4.78 is 5.42. The molecule has 1 atom stereocenters. The van der Waals surface area contributed by atoms with Crippen molar-refractivity contribution < 1.29 is 9.84 Å². The maximum absolute atomic E-state index is 9.88. The van der Waals surface area contributed by atoms with E-state index in [1.54, 1.807) is 7.11 Å². The molecule has 0 aromatic heterocycles. The molecular formula is C13H21NO2. The van der Waals surface area contributed by atoms with E-state index in [1.165, 1.54) is 0 Å². The molecule has 0 saturated carbocycles. The first kappa shape index (κ1) is 13.2. The molecule has 0 saturated heterocycles. The second kappa shape index (κ2) is 5.43. The second-order valence-electron chi connectivity index (χ2n) is 4.41. The Morgan fingerprint density at radius 3 is 2.69 bits per heavy atom. The van der Waals surface area contributed by atoms with E-state index in [9.17, 15) is 5.11 Å². The average Bonchev–Trinajstić information content (AvgIpc) is 2.29. The number of aliphatic hydroxyl groups is 1. The van der Waals surface area contributed by atoms with Crippen LogP contribution in [0.2, 0.25) is 0 Å². The first-order valence-corrected chi connectivity index (χ1v) is 5.49. The molecule has 0 aliphatic heterocycles. The van der Waals surface area contributed by atoms with E-state index in [0.717, 1.165) is 11.1 Å². The van der Waals surface area contributed by atoms with Crippen molar-refractivity contribution in [3.05, 3.63) is 35.4 Å². The molecule has 0 aliphatic carbocycles. The van der Waals surface area contributed by atoms with E-state index >= 15 is 0 Å². The van der Waals surface area contributed by atoms with Crippen molar-refractivity contribution in [1.29, 1.82) is 0 Å². The Morgan fingerprint density at radius 2 is 2.12 bits per heavy atom. The quantitative estimate of drug-likeness (QED) is 0.800. The predicted molar refractivity (Wildman–Crippen MR) is 65.4 cm³/mol. The van der Waals surface area contributed by atoms with Crippen LogP contribution in [-0.4, -0.2) is 25.8 Å². The normalized spacial score (nSPS) is 13.8. The highest BCUT2D eigenvalue weighted by Gasteiger charge is 2.20. The van der Waals surface area contributed by atoms with Crippen molar-refractivity contribution in [3.8, 4) is 0 Å². The van der Waals surface area contributed by atoms with Crippen LogP contribution in [0.3, 0.4) is 0 Å². The fourth-order valence-corrected chi connectivity index (χ4v) is 1.55.